The van der Waals surface area contributed by atoms with Crippen molar-refractivity contribution in [3.8, 4) is 0 Å². The molecule has 0 N–H and O–H groups in total. The van der Waals surface area contributed by atoms with Gasteiger partial charge in [-0.15, -0.1) is 22.9 Å². The lowest BCUT2D eigenvalue weighted by Crippen LogP contribution is -1.93. The zero-order valence-corrected chi connectivity index (χ0v) is 11.7. The summed E-state index contributed by atoms with van der Waals surface area (Å²) in [4.78, 5) is 1.11. The number of rotatable bonds is 2. The molecule has 0 fully saturated rings. The quantitative estimate of drug-likeness (QED) is 0.660. The Bertz CT molecular complexity index is 509. The summed E-state index contributed by atoms with van der Waals surface area (Å²) in [6.45, 7) is 2.03. The molecule has 84 valence electrons. The second-order valence-corrected chi connectivity index (χ2v) is 5.74. The molecule has 2 rings (SSSR count). The molecule has 0 bridgehead atoms. The van der Waals surface area contributed by atoms with E-state index < -0.39 is 0 Å². The molecule has 0 saturated carbocycles. The van der Waals surface area contributed by atoms with Gasteiger partial charge < -0.3 is 0 Å². The summed E-state index contributed by atoms with van der Waals surface area (Å²) < 4.78 is 13.5. The van der Waals surface area contributed by atoms with Crippen molar-refractivity contribution in [1.82, 2.24) is 0 Å². The van der Waals surface area contributed by atoms with Crippen molar-refractivity contribution in [2.24, 2.45) is 0 Å². The summed E-state index contributed by atoms with van der Waals surface area (Å²) in [5.41, 5.74) is 2.07. The molecule has 4 heteroatoms. The van der Waals surface area contributed by atoms with Gasteiger partial charge in [0.2, 0.25) is 0 Å². The van der Waals surface area contributed by atoms with E-state index in [-0.39, 0.29) is 11.2 Å². The first kappa shape index (κ1) is 12.1. The van der Waals surface area contributed by atoms with Crippen molar-refractivity contribution in [3.05, 3.63) is 55.9 Å². The maximum Gasteiger partial charge on any atom is 0.137 e. The molecule has 0 amide bonds. The summed E-state index contributed by atoms with van der Waals surface area (Å²) in [6.07, 6.45) is 0. The van der Waals surface area contributed by atoms with Gasteiger partial charge in [0.1, 0.15) is 5.82 Å². The maximum atomic E-state index is 13.1. The lowest BCUT2D eigenvalue weighted by molar-refractivity contribution is 0.620. The molecule has 0 spiro atoms. The smallest absolute Gasteiger partial charge is 0.137 e. The zero-order chi connectivity index (χ0) is 11.7. The highest BCUT2D eigenvalue weighted by molar-refractivity contribution is 9.10. The fraction of sp³-hybridized carbons (Fsp3) is 0.167. The van der Waals surface area contributed by atoms with Crippen LogP contribution in [-0.4, -0.2) is 0 Å². The first-order chi connectivity index (χ1) is 7.59. The first-order valence-corrected chi connectivity index (χ1v) is 6.83. The molecule has 1 aromatic carbocycles. The molecular weight excluding hydrogens is 311 g/mol. The van der Waals surface area contributed by atoms with Crippen molar-refractivity contribution < 1.29 is 4.39 Å². The van der Waals surface area contributed by atoms with Gasteiger partial charge in [-0.3, -0.25) is 0 Å². The van der Waals surface area contributed by atoms with Crippen molar-refractivity contribution in [2.45, 2.75) is 12.3 Å². The number of benzene rings is 1. The minimum atomic E-state index is -0.268. The fourth-order valence-corrected chi connectivity index (χ4v) is 3.25. The maximum absolute atomic E-state index is 13.1. The number of alkyl halides is 1. The Morgan fingerprint density at radius 3 is 2.69 bits per heavy atom. The molecule has 2 aromatic rings. The molecule has 0 radical (unpaired) electrons. The van der Waals surface area contributed by atoms with E-state index in [1.807, 2.05) is 18.4 Å². The third-order valence-electron chi connectivity index (χ3n) is 2.37. The SMILES string of the molecule is Cc1ccsc1C(Cl)c1ccc(F)c(Br)c1. The van der Waals surface area contributed by atoms with E-state index in [1.165, 1.54) is 11.6 Å². The second-order valence-electron chi connectivity index (χ2n) is 3.50. The second kappa shape index (κ2) is 4.86. The van der Waals surface area contributed by atoms with Crippen LogP contribution in [0.1, 0.15) is 21.4 Å². The van der Waals surface area contributed by atoms with Gasteiger partial charge in [0.05, 0.1) is 9.85 Å². The standard InChI is InChI=1S/C12H9BrClFS/c1-7-4-5-16-12(7)11(14)8-2-3-10(15)9(13)6-8/h2-6,11H,1H3. The van der Waals surface area contributed by atoms with E-state index >= 15 is 0 Å². The number of thiophene rings is 1. The number of aryl methyl sites for hydroxylation is 1. The van der Waals surface area contributed by atoms with Crippen LogP contribution < -0.4 is 0 Å². The van der Waals surface area contributed by atoms with Gasteiger partial charge in [-0.1, -0.05) is 6.07 Å². The third-order valence-corrected chi connectivity index (χ3v) is 4.66. The number of hydrogen-bond acceptors (Lipinski definition) is 1. The Morgan fingerprint density at radius 1 is 1.38 bits per heavy atom. The Labute approximate surface area is 111 Å². The van der Waals surface area contributed by atoms with Crippen LogP contribution in [0, 0.1) is 12.7 Å². The van der Waals surface area contributed by atoms with Gasteiger partial charge in [0, 0.05) is 4.88 Å². The Kier molecular flexibility index (Phi) is 3.67. The van der Waals surface area contributed by atoms with Crippen LogP contribution >= 0.6 is 38.9 Å². The minimum Gasteiger partial charge on any atom is -0.206 e. The number of hydrogen-bond donors (Lipinski definition) is 0. The molecule has 0 aliphatic carbocycles. The van der Waals surface area contributed by atoms with Crippen molar-refractivity contribution in [1.29, 1.82) is 0 Å². The molecule has 1 aromatic heterocycles. The van der Waals surface area contributed by atoms with E-state index in [0.717, 1.165) is 10.4 Å². The highest BCUT2D eigenvalue weighted by atomic mass is 79.9. The van der Waals surface area contributed by atoms with Gasteiger partial charge in [0.15, 0.2) is 0 Å². The molecule has 0 aliphatic heterocycles. The summed E-state index contributed by atoms with van der Waals surface area (Å²) in [5, 5.41) is 1.80. The highest BCUT2D eigenvalue weighted by Gasteiger charge is 2.15. The zero-order valence-electron chi connectivity index (χ0n) is 8.51. The molecule has 1 heterocycles. The van der Waals surface area contributed by atoms with E-state index in [2.05, 4.69) is 15.9 Å². The lowest BCUT2D eigenvalue weighted by Gasteiger charge is -2.10. The predicted octanol–water partition coefficient (Wildman–Crippen LogP) is 5.29. The Morgan fingerprint density at radius 2 is 2.12 bits per heavy atom. The highest BCUT2D eigenvalue weighted by Crippen LogP contribution is 2.35. The average molecular weight is 320 g/mol. The monoisotopic (exact) mass is 318 g/mol. The average Bonchev–Trinajstić information content (AvgIpc) is 2.67. The minimum absolute atomic E-state index is 0.211. The summed E-state index contributed by atoms with van der Waals surface area (Å²) in [7, 11) is 0. The van der Waals surface area contributed by atoms with Crippen LogP contribution in [0.4, 0.5) is 4.39 Å². The summed E-state index contributed by atoms with van der Waals surface area (Å²) >= 11 is 11.2. The molecule has 1 unspecified atom stereocenters. The van der Waals surface area contributed by atoms with Crippen LogP contribution in [0.25, 0.3) is 0 Å². The molecule has 0 aliphatic rings. The van der Waals surface area contributed by atoms with Gasteiger partial charge >= 0.3 is 0 Å². The van der Waals surface area contributed by atoms with Crippen LogP contribution in [-0.2, 0) is 0 Å². The van der Waals surface area contributed by atoms with Crippen LogP contribution in [0.2, 0.25) is 0 Å². The fourth-order valence-electron chi connectivity index (χ4n) is 1.47. The topological polar surface area (TPSA) is 0 Å². The lowest BCUT2D eigenvalue weighted by atomic mass is 10.1. The Hall–Kier alpha value is -0.380. The largest absolute Gasteiger partial charge is 0.206 e. The third kappa shape index (κ3) is 2.31. The van der Waals surface area contributed by atoms with Crippen molar-refractivity contribution in [3.63, 3.8) is 0 Å². The molecule has 1 atom stereocenters. The number of halogens is 3. The van der Waals surface area contributed by atoms with E-state index in [4.69, 9.17) is 11.6 Å². The van der Waals surface area contributed by atoms with Gasteiger partial charge in [-0.25, -0.2) is 4.39 Å². The molecule has 16 heavy (non-hydrogen) atoms. The molecule has 0 nitrogen and oxygen atoms in total. The van der Waals surface area contributed by atoms with Gasteiger partial charge in [0.25, 0.3) is 0 Å². The first-order valence-electron chi connectivity index (χ1n) is 4.72. The predicted molar refractivity (Wildman–Crippen MR) is 70.9 cm³/mol. The van der Waals surface area contributed by atoms with E-state index in [0.29, 0.717) is 4.47 Å². The molecular formula is C12H9BrClFS. The van der Waals surface area contributed by atoms with Crippen LogP contribution in [0.5, 0.6) is 0 Å². The van der Waals surface area contributed by atoms with Gasteiger partial charge in [-0.2, -0.15) is 0 Å². The van der Waals surface area contributed by atoms with E-state index in [1.54, 1.807) is 23.5 Å². The van der Waals surface area contributed by atoms with Crippen molar-refractivity contribution in [2.75, 3.05) is 0 Å². The van der Waals surface area contributed by atoms with Crippen LogP contribution in [0.15, 0.2) is 34.1 Å². The normalized spacial score (nSPS) is 12.8. The summed E-state index contributed by atoms with van der Waals surface area (Å²) in [6, 6.07) is 6.91. The van der Waals surface area contributed by atoms with Gasteiger partial charge in [-0.05, 0) is 57.6 Å². The summed E-state index contributed by atoms with van der Waals surface area (Å²) in [5.74, 6) is -0.268. The van der Waals surface area contributed by atoms with Crippen LogP contribution in [0.3, 0.4) is 0 Å². The van der Waals surface area contributed by atoms with E-state index in [9.17, 15) is 4.39 Å². The van der Waals surface area contributed by atoms with Crippen molar-refractivity contribution >= 4 is 38.9 Å². The molecule has 0 saturated heterocycles. The Balaban J connectivity index is 2.38.